The quantitative estimate of drug-likeness (QED) is 0.412. The van der Waals surface area contributed by atoms with Crippen LogP contribution in [0.25, 0.3) is 0 Å². The van der Waals surface area contributed by atoms with Crippen LogP contribution in [0.5, 0.6) is 0 Å². The van der Waals surface area contributed by atoms with Crippen LogP contribution in [0.3, 0.4) is 0 Å². The highest BCUT2D eigenvalue weighted by atomic mass is 79.9. The number of allylic oxidation sites excluding steroid dienone is 5. The maximum atomic E-state index is 12.4. The van der Waals surface area contributed by atoms with Gasteiger partial charge in [-0.1, -0.05) is 65.3 Å². The average molecular weight is 319 g/mol. The van der Waals surface area contributed by atoms with Crippen molar-refractivity contribution in [2.45, 2.75) is 27.2 Å². The van der Waals surface area contributed by atoms with Crippen molar-refractivity contribution in [3.8, 4) is 0 Å². The summed E-state index contributed by atoms with van der Waals surface area (Å²) in [5.74, 6) is 0.0227. The highest BCUT2D eigenvalue weighted by Crippen LogP contribution is 2.23. The number of ketones is 1. The van der Waals surface area contributed by atoms with Crippen LogP contribution in [0.15, 0.2) is 58.6 Å². The monoisotopic (exact) mass is 318 g/mol. The van der Waals surface area contributed by atoms with Crippen molar-refractivity contribution in [3.05, 3.63) is 69.8 Å². The van der Waals surface area contributed by atoms with Crippen LogP contribution in [0, 0.1) is 0 Å². The Kier molecular flexibility index (Phi) is 5.97. The van der Waals surface area contributed by atoms with Crippen LogP contribution in [-0.2, 0) is 6.42 Å². The SMILES string of the molecule is C=C(C)/C=C(Br)\C(=C/C)C(=O)c1ccc(CC)cc1. The van der Waals surface area contributed by atoms with Gasteiger partial charge >= 0.3 is 0 Å². The van der Waals surface area contributed by atoms with Gasteiger partial charge in [0.2, 0.25) is 0 Å². The summed E-state index contributed by atoms with van der Waals surface area (Å²) in [6.07, 6.45) is 4.65. The van der Waals surface area contributed by atoms with E-state index in [1.165, 1.54) is 5.56 Å². The maximum Gasteiger partial charge on any atom is 0.193 e. The topological polar surface area (TPSA) is 17.1 Å². The zero-order chi connectivity index (χ0) is 14.4. The normalized spacial score (nSPS) is 12.4. The van der Waals surface area contributed by atoms with E-state index in [1.54, 1.807) is 0 Å². The van der Waals surface area contributed by atoms with Gasteiger partial charge in [-0.05, 0) is 31.9 Å². The van der Waals surface area contributed by atoms with E-state index >= 15 is 0 Å². The van der Waals surface area contributed by atoms with Crippen LogP contribution in [0.1, 0.15) is 36.7 Å². The van der Waals surface area contributed by atoms with Gasteiger partial charge in [0.05, 0.1) is 0 Å². The first-order valence-electron chi connectivity index (χ1n) is 6.32. The Morgan fingerprint density at radius 1 is 1.32 bits per heavy atom. The summed E-state index contributed by atoms with van der Waals surface area (Å²) >= 11 is 3.44. The molecule has 1 aromatic rings. The Bertz CT molecular complexity index is 533. The molecular weight excluding hydrogens is 300 g/mol. The lowest BCUT2D eigenvalue weighted by molar-refractivity contribution is 0.103. The largest absolute Gasteiger partial charge is 0.289 e. The molecule has 0 heterocycles. The Balaban J connectivity index is 3.06. The molecule has 0 aliphatic heterocycles. The van der Waals surface area contributed by atoms with E-state index in [0.717, 1.165) is 16.5 Å². The number of halogens is 1. The molecule has 0 fully saturated rings. The van der Waals surface area contributed by atoms with Gasteiger partial charge in [0.25, 0.3) is 0 Å². The van der Waals surface area contributed by atoms with Gasteiger partial charge in [-0.25, -0.2) is 0 Å². The van der Waals surface area contributed by atoms with Crippen molar-refractivity contribution >= 4 is 21.7 Å². The predicted octanol–water partition coefficient (Wildman–Crippen LogP) is 5.23. The van der Waals surface area contributed by atoms with E-state index in [9.17, 15) is 4.79 Å². The van der Waals surface area contributed by atoms with Crippen LogP contribution in [-0.4, -0.2) is 5.78 Å². The lowest BCUT2D eigenvalue weighted by Gasteiger charge is -2.06. The third kappa shape index (κ3) is 4.32. The molecule has 2 heteroatoms. The molecule has 0 aliphatic carbocycles. The molecule has 0 aromatic heterocycles. The first kappa shape index (κ1) is 15.6. The van der Waals surface area contributed by atoms with Crippen LogP contribution < -0.4 is 0 Å². The number of carbonyl (C=O) groups excluding carboxylic acids is 1. The van der Waals surface area contributed by atoms with E-state index in [4.69, 9.17) is 0 Å². The van der Waals surface area contributed by atoms with Crippen molar-refractivity contribution < 1.29 is 4.79 Å². The average Bonchev–Trinajstić information content (AvgIpc) is 2.38. The summed E-state index contributed by atoms with van der Waals surface area (Å²) in [6.45, 7) is 9.68. The molecule has 0 aliphatic rings. The molecule has 0 bridgehead atoms. The molecule has 19 heavy (non-hydrogen) atoms. The molecule has 0 unspecified atom stereocenters. The summed E-state index contributed by atoms with van der Waals surface area (Å²) in [4.78, 5) is 12.4. The number of carbonyl (C=O) groups is 1. The number of aryl methyl sites for hydroxylation is 1. The second-order valence-corrected chi connectivity index (χ2v) is 5.27. The summed E-state index contributed by atoms with van der Waals surface area (Å²) in [5, 5.41) is 0. The summed E-state index contributed by atoms with van der Waals surface area (Å²) in [7, 11) is 0. The molecule has 0 amide bonds. The lowest BCUT2D eigenvalue weighted by Crippen LogP contribution is -2.04. The maximum absolute atomic E-state index is 12.4. The van der Waals surface area contributed by atoms with E-state index in [2.05, 4.69) is 29.4 Å². The van der Waals surface area contributed by atoms with Crippen LogP contribution in [0.4, 0.5) is 0 Å². The first-order valence-corrected chi connectivity index (χ1v) is 7.12. The Hall–Kier alpha value is -1.41. The molecule has 1 aromatic carbocycles. The molecule has 1 rings (SSSR count). The van der Waals surface area contributed by atoms with Crippen molar-refractivity contribution in [1.29, 1.82) is 0 Å². The van der Waals surface area contributed by atoms with E-state index in [-0.39, 0.29) is 5.78 Å². The molecule has 100 valence electrons. The number of benzene rings is 1. The van der Waals surface area contributed by atoms with Crippen LogP contribution >= 0.6 is 15.9 Å². The summed E-state index contributed by atoms with van der Waals surface area (Å²) in [5.41, 5.74) is 3.50. The van der Waals surface area contributed by atoms with Crippen molar-refractivity contribution in [2.24, 2.45) is 0 Å². The zero-order valence-electron chi connectivity index (χ0n) is 11.7. The first-order chi connectivity index (χ1) is 8.99. The molecule has 0 saturated carbocycles. The van der Waals surface area contributed by atoms with Gasteiger partial charge in [-0.3, -0.25) is 4.79 Å². The lowest BCUT2D eigenvalue weighted by atomic mass is 10.0. The predicted molar refractivity (Wildman–Crippen MR) is 85.7 cm³/mol. The van der Waals surface area contributed by atoms with Crippen molar-refractivity contribution in [3.63, 3.8) is 0 Å². The van der Waals surface area contributed by atoms with Crippen molar-refractivity contribution in [2.75, 3.05) is 0 Å². The molecular formula is C17H19BrO. The molecule has 0 radical (unpaired) electrons. The van der Waals surface area contributed by atoms with Crippen LogP contribution in [0.2, 0.25) is 0 Å². The molecule has 1 nitrogen and oxygen atoms in total. The fraction of sp³-hybridized carbons (Fsp3) is 0.235. The standard InChI is InChI=1S/C17H19BrO/c1-5-13-7-9-14(10-8-13)17(19)15(6-2)16(18)11-12(3)4/h6-11H,3,5H2,1-2,4H3/b15-6+,16-11+. The molecule has 0 N–H and O–H groups in total. The second kappa shape index (κ2) is 7.25. The number of hydrogen-bond donors (Lipinski definition) is 0. The third-order valence-corrected chi connectivity index (χ3v) is 3.44. The minimum absolute atomic E-state index is 0.0227. The number of hydrogen-bond acceptors (Lipinski definition) is 1. The minimum Gasteiger partial charge on any atom is -0.289 e. The molecule has 0 spiro atoms. The van der Waals surface area contributed by atoms with Gasteiger partial charge in [-0.15, -0.1) is 0 Å². The van der Waals surface area contributed by atoms with Crippen molar-refractivity contribution in [1.82, 2.24) is 0 Å². The van der Waals surface area contributed by atoms with E-state index in [1.807, 2.05) is 50.3 Å². The van der Waals surface area contributed by atoms with Gasteiger partial charge in [0.1, 0.15) is 0 Å². The molecule has 0 atom stereocenters. The summed E-state index contributed by atoms with van der Waals surface area (Å²) in [6, 6.07) is 7.76. The fourth-order valence-corrected chi connectivity index (χ4v) is 2.52. The Morgan fingerprint density at radius 3 is 2.32 bits per heavy atom. The zero-order valence-corrected chi connectivity index (χ0v) is 13.3. The third-order valence-electron chi connectivity index (χ3n) is 2.79. The fourth-order valence-electron chi connectivity index (χ4n) is 1.72. The summed E-state index contributed by atoms with van der Waals surface area (Å²) < 4.78 is 0.770. The minimum atomic E-state index is 0.0227. The van der Waals surface area contributed by atoms with E-state index < -0.39 is 0 Å². The smallest absolute Gasteiger partial charge is 0.193 e. The Morgan fingerprint density at radius 2 is 1.89 bits per heavy atom. The van der Waals surface area contributed by atoms with E-state index in [0.29, 0.717) is 11.1 Å². The van der Waals surface area contributed by atoms with Gasteiger partial charge in [0, 0.05) is 15.6 Å². The molecule has 0 saturated heterocycles. The highest BCUT2D eigenvalue weighted by molar-refractivity contribution is 9.12. The van der Waals surface area contributed by atoms with Gasteiger partial charge < -0.3 is 0 Å². The second-order valence-electron chi connectivity index (χ2n) is 4.42. The number of Topliss-reactive ketones (excluding diaryl/α,β-unsaturated/α-hetero) is 1. The highest BCUT2D eigenvalue weighted by Gasteiger charge is 2.13. The number of rotatable bonds is 5. The van der Waals surface area contributed by atoms with Gasteiger partial charge in [-0.2, -0.15) is 0 Å². The Labute approximate surface area is 123 Å². The van der Waals surface area contributed by atoms with Gasteiger partial charge in [0.15, 0.2) is 5.78 Å².